The minimum absolute atomic E-state index is 0.00697. The average Bonchev–Trinajstić information content (AvgIpc) is 3.59. The predicted molar refractivity (Wildman–Crippen MR) is 133 cm³/mol. The molecule has 15 heteroatoms. The number of pyridine rings is 1. The Labute approximate surface area is 231 Å². The zero-order valence-electron chi connectivity index (χ0n) is 20.4. The minimum Gasteiger partial charge on any atom is -0.387 e. The summed E-state index contributed by atoms with van der Waals surface area (Å²) in [4.78, 5) is 36.3. The van der Waals surface area contributed by atoms with E-state index in [1.54, 1.807) is 5.38 Å². The van der Waals surface area contributed by atoms with Crippen molar-refractivity contribution in [2.24, 2.45) is 5.16 Å². The molecule has 2 aromatic heterocycles. The highest BCUT2D eigenvalue weighted by molar-refractivity contribution is 7.10. The highest BCUT2D eigenvalue weighted by Crippen LogP contribution is 2.35. The molecule has 1 aromatic carbocycles. The molecular weight excluding hydrogens is 586 g/mol. The van der Waals surface area contributed by atoms with Crippen LogP contribution in [0.15, 0.2) is 39.7 Å². The lowest BCUT2D eigenvalue weighted by Crippen LogP contribution is -2.41. The van der Waals surface area contributed by atoms with Gasteiger partial charge in [0.2, 0.25) is 5.91 Å². The number of thiazole rings is 1. The van der Waals surface area contributed by atoms with Crippen molar-refractivity contribution in [3.63, 3.8) is 0 Å². The third-order valence-electron chi connectivity index (χ3n) is 6.74. The van der Waals surface area contributed by atoms with Crippen LogP contribution in [0.4, 0.5) is 26.3 Å². The van der Waals surface area contributed by atoms with Gasteiger partial charge in [-0.15, -0.1) is 11.3 Å². The predicted octanol–water partition coefficient (Wildman–Crippen LogP) is 5.67. The average molecular weight is 605 g/mol. The molecule has 1 amide bonds. The van der Waals surface area contributed by atoms with Crippen molar-refractivity contribution in [1.82, 2.24) is 14.5 Å². The van der Waals surface area contributed by atoms with Crippen molar-refractivity contribution in [1.29, 1.82) is 0 Å². The van der Waals surface area contributed by atoms with Crippen molar-refractivity contribution in [2.45, 2.75) is 44.0 Å². The summed E-state index contributed by atoms with van der Waals surface area (Å²) in [6.07, 6.45) is -3.68. The quantitative estimate of drug-likeness (QED) is 0.278. The molecule has 4 heterocycles. The lowest BCUT2D eigenvalue weighted by Gasteiger charge is -2.31. The highest BCUT2D eigenvalue weighted by Gasteiger charge is 2.33. The Kier molecular flexibility index (Phi) is 7.66. The fourth-order valence-electron chi connectivity index (χ4n) is 4.57. The second-order valence-electron chi connectivity index (χ2n) is 9.37. The van der Waals surface area contributed by atoms with Crippen molar-refractivity contribution in [3.8, 4) is 0 Å². The van der Waals surface area contributed by atoms with Gasteiger partial charge in [0.15, 0.2) is 23.6 Å². The van der Waals surface area contributed by atoms with Crippen LogP contribution in [-0.4, -0.2) is 39.2 Å². The van der Waals surface area contributed by atoms with E-state index < -0.39 is 58.3 Å². The molecular formula is C25H19ClF6N4O3S. The lowest BCUT2D eigenvalue weighted by molar-refractivity contribution is -0.139. The Morgan fingerprint density at radius 2 is 1.80 bits per heavy atom. The van der Waals surface area contributed by atoms with Crippen LogP contribution in [0, 0.1) is 17.5 Å². The molecule has 1 saturated heterocycles. The van der Waals surface area contributed by atoms with E-state index in [1.165, 1.54) is 16.2 Å². The zero-order chi connectivity index (χ0) is 28.8. The van der Waals surface area contributed by atoms with Gasteiger partial charge in [-0.1, -0.05) is 16.8 Å². The molecule has 0 bridgehead atoms. The first kappa shape index (κ1) is 28.1. The number of carbonyl (C=O) groups is 1. The van der Waals surface area contributed by atoms with E-state index in [-0.39, 0.29) is 17.9 Å². The molecule has 0 saturated carbocycles. The van der Waals surface area contributed by atoms with Crippen LogP contribution in [0.5, 0.6) is 0 Å². The molecule has 3 aromatic rings. The smallest absolute Gasteiger partial charge is 0.387 e. The number of oxime groups is 1. The summed E-state index contributed by atoms with van der Waals surface area (Å²) >= 11 is 7.04. The zero-order valence-corrected chi connectivity index (χ0v) is 21.9. The van der Waals surface area contributed by atoms with Gasteiger partial charge in [-0.3, -0.25) is 9.59 Å². The molecule has 40 heavy (non-hydrogen) atoms. The molecule has 0 aliphatic carbocycles. The van der Waals surface area contributed by atoms with Gasteiger partial charge in [0, 0.05) is 42.6 Å². The second kappa shape index (κ2) is 10.9. The molecule has 1 atom stereocenters. The molecule has 1 unspecified atom stereocenters. The molecule has 5 rings (SSSR count). The number of benzene rings is 1. The maximum absolute atomic E-state index is 13.6. The Morgan fingerprint density at radius 3 is 2.45 bits per heavy atom. The molecule has 2 aliphatic rings. The van der Waals surface area contributed by atoms with Gasteiger partial charge in [0.25, 0.3) is 5.56 Å². The number of aromatic nitrogens is 2. The van der Waals surface area contributed by atoms with E-state index in [4.69, 9.17) is 16.4 Å². The van der Waals surface area contributed by atoms with E-state index >= 15 is 0 Å². The van der Waals surface area contributed by atoms with Gasteiger partial charge in [0.05, 0.1) is 16.3 Å². The number of hydrogen-bond donors (Lipinski definition) is 0. The maximum Gasteiger partial charge on any atom is 0.417 e. The van der Waals surface area contributed by atoms with Gasteiger partial charge in [-0.05, 0) is 31.0 Å². The van der Waals surface area contributed by atoms with Crippen LogP contribution < -0.4 is 5.56 Å². The van der Waals surface area contributed by atoms with Crippen LogP contribution >= 0.6 is 22.9 Å². The number of alkyl halides is 3. The molecule has 7 nitrogen and oxygen atoms in total. The van der Waals surface area contributed by atoms with Crippen molar-refractivity contribution >= 4 is 34.6 Å². The van der Waals surface area contributed by atoms with E-state index in [0.29, 0.717) is 54.2 Å². The summed E-state index contributed by atoms with van der Waals surface area (Å²) in [5, 5.41) is 5.91. The number of hydrogen-bond acceptors (Lipinski definition) is 6. The summed E-state index contributed by atoms with van der Waals surface area (Å²) < 4.78 is 80.4. The van der Waals surface area contributed by atoms with Crippen molar-refractivity contribution in [2.75, 3.05) is 13.1 Å². The standard InChI is InChI=1S/C25H19ClF6N4O3S/c26-15-7-14(25(30,31)32)9-36(24(15)38)10-21(37)35-3-1-12(2-4-35)23-33-19(11-40-23)18-8-20(39-34-18)13-5-16(27)22(29)17(28)6-13/h5-7,9,11-12,20H,1-4,8,10H2. The number of rotatable bonds is 5. The Morgan fingerprint density at radius 1 is 1.12 bits per heavy atom. The van der Waals surface area contributed by atoms with Crippen LogP contribution in [0.3, 0.4) is 0 Å². The molecule has 0 spiro atoms. The second-order valence-corrected chi connectivity index (χ2v) is 10.7. The van der Waals surface area contributed by atoms with Crippen LogP contribution in [0.1, 0.15) is 53.1 Å². The topological polar surface area (TPSA) is 76.8 Å². The first-order valence-corrected chi connectivity index (χ1v) is 13.2. The largest absolute Gasteiger partial charge is 0.417 e. The Hall–Kier alpha value is -3.39. The SMILES string of the molecule is O=C(Cn1cc(C(F)(F)F)cc(Cl)c1=O)N1CCC(c2nc(C3=NOC(c4cc(F)c(F)c(F)c4)C3)cs2)CC1. The number of likely N-dealkylation sites (tertiary alicyclic amines) is 1. The minimum atomic E-state index is -4.72. The third kappa shape index (κ3) is 5.73. The summed E-state index contributed by atoms with van der Waals surface area (Å²) in [7, 11) is 0. The molecule has 0 radical (unpaired) electrons. The van der Waals surface area contributed by atoms with E-state index in [2.05, 4.69) is 10.1 Å². The van der Waals surface area contributed by atoms with Gasteiger partial charge < -0.3 is 14.3 Å². The fraction of sp³-hybridized carbons (Fsp3) is 0.360. The van der Waals surface area contributed by atoms with Crippen LogP contribution in [0.25, 0.3) is 0 Å². The van der Waals surface area contributed by atoms with Crippen LogP contribution in [-0.2, 0) is 22.4 Å². The van der Waals surface area contributed by atoms with Gasteiger partial charge in [-0.25, -0.2) is 18.2 Å². The molecule has 0 N–H and O–H groups in total. The first-order valence-electron chi connectivity index (χ1n) is 12.0. The van der Waals surface area contributed by atoms with Gasteiger partial charge in [0.1, 0.15) is 17.3 Å². The van der Waals surface area contributed by atoms with E-state index in [9.17, 15) is 35.9 Å². The third-order valence-corrected chi connectivity index (χ3v) is 8.01. The number of amides is 1. The fourth-order valence-corrected chi connectivity index (χ4v) is 5.80. The number of carbonyl (C=O) groups excluding carboxylic acids is 1. The normalized spacial score (nSPS) is 18.1. The monoisotopic (exact) mass is 604 g/mol. The summed E-state index contributed by atoms with van der Waals surface area (Å²) in [5.74, 6) is -4.70. The highest BCUT2D eigenvalue weighted by atomic mass is 35.5. The lowest BCUT2D eigenvalue weighted by atomic mass is 9.97. The number of piperidine rings is 1. The van der Waals surface area contributed by atoms with E-state index in [1.807, 2.05) is 0 Å². The molecule has 1 fully saturated rings. The van der Waals surface area contributed by atoms with Crippen molar-refractivity contribution < 1.29 is 36.0 Å². The van der Waals surface area contributed by atoms with Gasteiger partial charge >= 0.3 is 6.18 Å². The number of halogens is 7. The Balaban J connectivity index is 1.18. The van der Waals surface area contributed by atoms with Crippen LogP contribution in [0.2, 0.25) is 5.02 Å². The summed E-state index contributed by atoms with van der Waals surface area (Å²) in [6.45, 7) is 0.0543. The summed E-state index contributed by atoms with van der Waals surface area (Å²) in [5.41, 5.74) is -0.898. The molecule has 2 aliphatic heterocycles. The maximum atomic E-state index is 13.6. The summed E-state index contributed by atoms with van der Waals surface area (Å²) in [6, 6.07) is 2.26. The first-order chi connectivity index (χ1) is 18.9. The molecule has 212 valence electrons. The van der Waals surface area contributed by atoms with E-state index in [0.717, 1.165) is 17.1 Å². The Bertz CT molecular complexity index is 1520. The van der Waals surface area contributed by atoms with Crippen molar-refractivity contribution in [3.05, 3.63) is 84.4 Å². The van der Waals surface area contributed by atoms with Gasteiger partial charge in [-0.2, -0.15) is 13.2 Å². The number of nitrogens with zero attached hydrogens (tertiary/aromatic N) is 4.